The van der Waals surface area contributed by atoms with Gasteiger partial charge in [-0.2, -0.15) is 0 Å². The lowest BCUT2D eigenvalue weighted by Crippen LogP contribution is -2.34. The van der Waals surface area contributed by atoms with Gasteiger partial charge in [0.05, 0.1) is 18.4 Å². The Morgan fingerprint density at radius 3 is 2.88 bits per heavy atom. The van der Waals surface area contributed by atoms with Crippen LogP contribution < -0.4 is 10.1 Å². The van der Waals surface area contributed by atoms with Gasteiger partial charge in [0.1, 0.15) is 5.75 Å². The van der Waals surface area contributed by atoms with Crippen LogP contribution in [0.15, 0.2) is 24.3 Å². The largest absolute Gasteiger partial charge is 0.491 e. The van der Waals surface area contributed by atoms with Crippen LogP contribution in [0.25, 0.3) is 0 Å². The summed E-state index contributed by atoms with van der Waals surface area (Å²) in [6.45, 7) is 6.36. The molecule has 0 saturated carbocycles. The molecule has 1 heterocycles. The molecule has 0 aliphatic carbocycles. The van der Waals surface area contributed by atoms with Crippen LogP contribution in [0.2, 0.25) is 0 Å². The van der Waals surface area contributed by atoms with Crippen LogP contribution >= 0.6 is 0 Å². The lowest BCUT2D eigenvalue weighted by molar-refractivity contribution is 0.00848. The number of carbonyl (C=O) groups is 1. The summed E-state index contributed by atoms with van der Waals surface area (Å²) >= 11 is 0. The minimum atomic E-state index is -0.119. The van der Waals surface area contributed by atoms with Crippen LogP contribution in [-0.4, -0.2) is 43.8 Å². The number of para-hydroxylation sites is 2. The molecule has 5 heteroatoms. The van der Waals surface area contributed by atoms with Crippen LogP contribution in [-0.2, 0) is 4.74 Å². The summed E-state index contributed by atoms with van der Waals surface area (Å²) in [7, 11) is 1.82. The number of hydrogen-bond donors (Lipinski definition) is 1. The van der Waals surface area contributed by atoms with Gasteiger partial charge >= 0.3 is 6.03 Å². The number of urea groups is 1. The van der Waals surface area contributed by atoms with Crippen molar-refractivity contribution < 1.29 is 14.3 Å². The molecule has 1 N–H and O–H groups in total. The van der Waals surface area contributed by atoms with E-state index in [0.717, 1.165) is 25.9 Å². The number of ether oxygens (including phenoxy) is 2. The maximum Gasteiger partial charge on any atom is 0.321 e. The van der Waals surface area contributed by atoms with Crippen molar-refractivity contribution in [3.8, 4) is 5.75 Å². The van der Waals surface area contributed by atoms with Crippen molar-refractivity contribution >= 4 is 11.7 Å². The first-order valence-corrected chi connectivity index (χ1v) is 8.92. The molecule has 1 aromatic carbocycles. The van der Waals surface area contributed by atoms with Crippen molar-refractivity contribution in [1.82, 2.24) is 4.90 Å². The summed E-state index contributed by atoms with van der Waals surface area (Å²) in [5.74, 6) is 1.15. The van der Waals surface area contributed by atoms with Gasteiger partial charge in [0.15, 0.2) is 0 Å². The van der Waals surface area contributed by atoms with Crippen LogP contribution in [0.3, 0.4) is 0 Å². The Hall–Kier alpha value is -1.75. The fourth-order valence-electron chi connectivity index (χ4n) is 2.64. The molecule has 134 valence electrons. The van der Waals surface area contributed by atoms with E-state index in [1.807, 2.05) is 31.3 Å². The Labute approximate surface area is 145 Å². The molecule has 1 aromatic rings. The Balaban J connectivity index is 1.84. The number of rotatable bonds is 7. The molecule has 0 spiro atoms. The number of hydrogen-bond acceptors (Lipinski definition) is 3. The molecule has 0 unspecified atom stereocenters. The van der Waals surface area contributed by atoms with E-state index in [0.29, 0.717) is 30.5 Å². The fraction of sp³-hybridized carbons (Fsp3) is 0.632. The maximum absolute atomic E-state index is 12.4. The Morgan fingerprint density at radius 2 is 2.17 bits per heavy atom. The highest BCUT2D eigenvalue weighted by molar-refractivity contribution is 5.90. The third-order valence-electron chi connectivity index (χ3n) is 4.11. The second-order valence-corrected chi connectivity index (χ2v) is 6.83. The van der Waals surface area contributed by atoms with E-state index < -0.39 is 0 Å². The van der Waals surface area contributed by atoms with Gasteiger partial charge in [-0.1, -0.05) is 26.0 Å². The standard InChI is InChI=1S/C19H30N2O3/c1-15(2)14-24-18-10-5-4-9-17(18)20-19(22)21(3)12-11-16-8-6-7-13-23-16/h4-5,9-10,15-16H,6-8,11-14H2,1-3H3,(H,20,22)/t16-/m1/s1. The molecule has 0 radical (unpaired) electrons. The zero-order valence-corrected chi connectivity index (χ0v) is 15.1. The minimum Gasteiger partial charge on any atom is -0.491 e. The smallest absolute Gasteiger partial charge is 0.321 e. The van der Waals surface area contributed by atoms with Gasteiger partial charge in [-0.15, -0.1) is 0 Å². The molecule has 24 heavy (non-hydrogen) atoms. The molecule has 1 atom stereocenters. The molecule has 2 rings (SSSR count). The molecule has 1 saturated heterocycles. The van der Waals surface area contributed by atoms with Crippen LogP contribution in [0.5, 0.6) is 5.75 Å². The SMILES string of the molecule is CC(C)COc1ccccc1NC(=O)N(C)CC[C@H]1CCCCO1. The van der Waals surface area contributed by atoms with Gasteiger partial charge in [0.2, 0.25) is 0 Å². The molecule has 5 nitrogen and oxygen atoms in total. The molecular weight excluding hydrogens is 304 g/mol. The van der Waals surface area contributed by atoms with Crippen molar-refractivity contribution in [3.05, 3.63) is 24.3 Å². The zero-order chi connectivity index (χ0) is 17.4. The van der Waals surface area contributed by atoms with Crippen molar-refractivity contribution in [3.63, 3.8) is 0 Å². The summed E-state index contributed by atoms with van der Waals surface area (Å²) in [5.41, 5.74) is 0.712. The lowest BCUT2D eigenvalue weighted by Gasteiger charge is -2.25. The Morgan fingerprint density at radius 1 is 1.38 bits per heavy atom. The van der Waals surface area contributed by atoms with Crippen LogP contribution in [0.1, 0.15) is 39.5 Å². The quantitative estimate of drug-likeness (QED) is 0.815. The van der Waals surface area contributed by atoms with Gasteiger partial charge in [0.25, 0.3) is 0 Å². The van der Waals surface area contributed by atoms with Gasteiger partial charge in [0, 0.05) is 20.2 Å². The topological polar surface area (TPSA) is 50.8 Å². The third-order valence-corrected chi connectivity index (χ3v) is 4.11. The zero-order valence-electron chi connectivity index (χ0n) is 15.1. The number of carbonyl (C=O) groups excluding carboxylic acids is 1. The summed E-state index contributed by atoms with van der Waals surface area (Å²) in [5, 5.41) is 2.94. The summed E-state index contributed by atoms with van der Waals surface area (Å²) in [6, 6.07) is 7.44. The highest BCUT2D eigenvalue weighted by Crippen LogP contribution is 2.24. The van der Waals surface area contributed by atoms with Crippen molar-refractivity contribution in [1.29, 1.82) is 0 Å². The molecule has 0 aromatic heterocycles. The van der Waals surface area contributed by atoms with Crippen molar-refractivity contribution in [2.75, 3.05) is 32.1 Å². The first kappa shape index (κ1) is 18.6. The first-order valence-electron chi connectivity index (χ1n) is 8.92. The van der Waals surface area contributed by atoms with Gasteiger partial charge in [-0.3, -0.25) is 0 Å². The third kappa shape index (κ3) is 6.04. The Kier molecular flexibility index (Phi) is 7.37. The van der Waals surface area contributed by atoms with E-state index >= 15 is 0 Å². The van der Waals surface area contributed by atoms with E-state index in [1.165, 1.54) is 6.42 Å². The molecule has 1 aliphatic heterocycles. The van der Waals surface area contributed by atoms with Crippen LogP contribution in [0.4, 0.5) is 10.5 Å². The second-order valence-electron chi connectivity index (χ2n) is 6.83. The number of benzene rings is 1. The Bertz CT molecular complexity index is 513. The van der Waals surface area contributed by atoms with E-state index in [4.69, 9.17) is 9.47 Å². The number of nitrogens with zero attached hydrogens (tertiary/aromatic N) is 1. The first-order chi connectivity index (χ1) is 11.6. The highest BCUT2D eigenvalue weighted by Gasteiger charge is 2.17. The predicted molar refractivity (Wildman–Crippen MR) is 96.6 cm³/mol. The molecule has 0 bridgehead atoms. The lowest BCUT2D eigenvalue weighted by atomic mass is 10.1. The molecule has 1 aliphatic rings. The predicted octanol–water partition coefficient (Wildman–Crippen LogP) is 4.14. The number of nitrogens with one attached hydrogen (secondary N) is 1. The maximum atomic E-state index is 12.4. The fourth-order valence-corrected chi connectivity index (χ4v) is 2.64. The van der Waals surface area contributed by atoms with E-state index in [1.54, 1.807) is 4.90 Å². The van der Waals surface area contributed by atoms with Crippen molar-refractivity contribution in [2.45, 2.75) is 45.6 Å². The minimum absolute atomic E-state index is 0.119. The van der Waals surface area contributed by atoms with E-state index in [-0.39, 0.29) is 12.1 Å². The molecule has 1 fully saturated rings. The average molecular weight is 334 g/mol. The van der Waals surface area contributed by atoms with E-state index in [9.17, 15) is 4.79 Å². The summed E-state index contributed by atoms with van der Waals surface area (Å²) in [6.07, 6.45) is 4.65. The monoisotopic (exact) mass is 334 g/mol. The summed E-state index contributed by atoms with van der Waals surface area (Å²) in [4.78, 5) is 14.1. The van der Waals surface area contributed by atoms with Gasteiger partial charge < -0.3 is 19.7 Å². The summed E-state index contributed by atoms with van der Waals surface area (Å²) < 4.78 is 11.5. The van der Waals surface area contributed by atoms with Crippen molar-refractivity contribution in [2.24, 2.45) is 5.92 Å². The van der Waals surface area contributed by atoms with E-state index in [2.05, 4.69) is 19.2 Å². The normalized spacial score (nSPS) is 17.6. The average Bonchev–Trinajstić information content (AvgIpc) is 2.59. The van der Waals surface area contributed by atoms with Gasteiger partial charge in [-0.25, -0.2) is 4.79 Å². The van der Waals surface area contributed by atoms with Crippen LogP contribution in [0, 0.1) is 5.92 Å². The molecular formula is C19H30N2O3. The highest BCUT2D eigenvalue weighted by atomic mass is 16.5. The second kappa shape index (κ2) is 9.52. The number of anilines is 1. The molecule has 2 amide bonds. The number of amides is 2. The van der Waals surface area contributed by atoms with Gasteiger partial charge in [-0.05, 0) is 43.7 Å².